The third-order valence-electron chi connectivity index (χ3n) is 2.72. The van der Waals surface area contributed by atoms with Crippen LogP contribution in [0.1, 0.15) is 11.3 Å². The van der Waals surface area contributed by atoms with Crippen LogP contribution in [0.15, 0.2) is 36.8 Å². The van der Waals surface area contributed by atoms with Crippen LogP contribution >= 0.6 is 0 Å². The van der Waals surface area contributed by atoms with Gasteiger partial charge in [-0.15, -0.1) is 0 Å². The predicted octanol–water partition coefficient (Wildman–Crippen LogP) is 1.47. The average molecular weight is 227 g/mol. The Balaban J connectivity index is 1.94. The van der Waals surface area contributed by atoms with Crippen molar-refractivity contribution in [1.82, 2.24) is 19.2 Å². The van der Waals surface area contributed by atoms with Crippen LogP contribution in [0.25, 0.3) is 5.65 Å². The lowest BCUT2D eigenvalue weighted by Gasteiger charge is -1.95. The Morgan fingerprint density at radius 2 is 2.18 bits per heavy atom. The van der Waals surface area contributed by atoms with Crippen LogP contribution in [0.2, 0.25) is 0 Å². The number of hydrogen-bond acceptors (Lipinski definition) is 3. The molecule has 3 rings (SSSR count). The summed E-state index contributed by atoms with van der Waals surface area (Å²) < 4.78 is 3.81. The molecule has 3 aromatic rings. The number of hydrogen-bond donors (Lipinski definition) is 1. The van der Waals surface area contributed by atoms with Gasteiger partial charge in [-0.05, 0) is 19.1 Å². The van der Waals surface area contributed by atoms with Crippen molar-refractivity contribution >= 4 is 11.5 Å². The number of nitrogen functional groups attached to an aromatic ring is 1. The fourth-order valence-electron chi connectivity index (χ4n) is 1.85. The molecular weight excluding hydrogens is 214 g/mol. The van der Waals surface area contributed by atoms with Gasteiger partial charge < -0.3 is 10.1 Å². The third kappa shape index (κ3) is 1.75. The molecule has 0 saturated heterocycles. The van der Waals surface area contributed by atoms with Gasteiger partial charge in [0.1, 0.15) is 11.5 Å². The molecule has 0 atom stereocenters. The first kappa shape index (κ1) is 9.89. The Morgan fingerprint density at radius 3 is 2.88 bits per heavy atom. The van der Waals surface area contributed by atoms with Crippen LogP contribution in [0.5, 0.6) is 0 Å². The molecular formula is C12H13N5. The van der Waals surface area contributed by atoms with Gasteiger partial charge in [-0.3, -0.25) is 4.68 Å². The predicted molar refractivity (Wildman–Crippen MR) is 65.7 cm³/mol. The zero-order chi connectivity index (χ0) is 11.8. The summed E-state index contributed by atoms with van der Waals surface area (Å²) in [5.74, 6) is 0.578. The molecule has 0 fully saturated rings. The van der Waals surface area contributed by atoms with E-state index in [1.807, 2.05) is 52.8 Å². The minimum absolute atomic E-state index is 0.578. The molecule has 0 aliphatic rings. The Kier molecular flexibility index (Phi) is 2.11. The number of pyridine rings is 1. The van der Waals surface area contributed by atoms with Crippen LogP contribution in [0.3, 0.4) is 0 Å². The van der Waals surface area contributed by atoms with Crippen molar-refractivity contribution in [2.75, 3.05) is 5.73 Å². The molecule has 0 aliphatic carbocycles. The molecule has 2 N–H and O–H groups in total. The second-order valence-corrected chi connectivity index (χ2v) is 4.09. The highest BCUT2D eigenvalue weighted by Gasteiger charge is 2.04. The molecule has 3 aromatic heterocycles. The van der Waals surface area contributed by atoms with E-state index in [-0.39, 0.29) is 0 Å². The lowest BCUT2D eigenvalue weighted by molar-refractivity contribution is 0.678. The minimum atomic E-state index is 0.578. The van der Waals surface area contributed by atoms with Crippen molar-refractivity contribution in [3.05, 3.63) is 48.0 Å². The number of anilines is 1. The Bertz CT molecular complexity index is 612. The second-order valence-electron chi connectivity index (χ2n) is 4.09. The molecule has 3 heterocycles. The maximum Gasteiger partial charge on any atom is 0.148 e. The molecule has 0 aliphatic heterocycles. The number of rotatable bonds is 2. The van der Waals surface area contributed by atoms with Gasteiger partial charge in [-0.2, -0.15) is 5.10 Å². The van der Waals surface area contributed by atoms with Crippen LogP contribution in [-0.4, -0.2) is 19.2 Å². The van der Waals surface area contributed by atoms with E-state index in [1.54, 1.807) is 0 Å². The summed E-state index contributed by atoms with van der Waals surface area (Å²) in [5.41, 5.74) is 8.62. The molecule has 0 saturated carbocycles. The molecule has 0 aromatic carbocycles. The monoisotopic (exact) mass is 227 g/mol. The van der Waals surface area contributed by atoms with E-state index in [4.69, 9.17) is 5.73 Å². The largest absolute Gasteiger partial charge is 0.382 e. The van der Waals surface area contributed by atoms with E-state index in [2.05, 4.69) is 10.1 Å². The highest BCUT2D eigenvalue weighted by Crippen LogP contribution is 2.10. The van der Waals surface area contributed by atoms with E-state index in [0.29, 0.717) is 12.4 Å². The standard InChI is InChI=1S/C12H13N5/c1-9-6-17(15-12(9)13)8-10-7-16-5-3-2-4-11(16)14-10/h2-7H,8H2,1H3,(H2,13,15). The van der Waals surface area contributed by atoms with Crippen LogP contribution in [0.4, 0.5) is 5.82 Å². The van der Waals surface area contributed by atoms with Crippen molar-refractivity contribution in [2.45, 2.75) is 13.5 Å². The fourth-order valence-corrected chi connectivity index (χ4v) is 1.85. The fraction of sp³-hybridized carbons (Fsp3) is 0.167. The molecule has 0 unspecified atom stereocenters. The maximum absolute atomic E-state index is 5.71. The number of aromatic nitrogens is 4. The van der Waals surface area contributed by atoms with Gasteiger partial charge >= 0.3 is 0 Å². The molecule has 0 amide bonds. The molecule has 5 nitrogen and oxygen atoms in total. The van der Waals surface area contributed by atoms with E-state index < -0.39 is 0 Å². The van der Waals surface area contributed by atoms with Gasteiger partial charge in [0.25, 0.3) is 0 Å². The molecule has 0 radical (unpaired) electrons. The van der Waals surface area contributed by atoms with Crippen molar-refractivity contribution in [2.24, 2.45) is 0 Å². The Labute approximate surface area is 98.5 Å². The topological polar surface area (TPSA) is 61.1 Å². The van der Waals surface area contributed by atoms with Crippen LogP contribution < -0.4 is 5.73 Å². The van der Waals surface area contributed by atoms with Crippen molar-refractivity contribution in [1.29, 1.82) is 0 Å². The number of imidazole rings is 1. The lowest BCUT2D eigenvalue weighted by atomic mass is 10.4. The summed E-state index contributed by atoms with van der Waals surface area (Å²) >= 11 is 0. The first-order valence-corrected chi connectivity index (χ1v) is 5.44. The first-order valence-electron chi connectivity index (χ1n) is 5.44. The molecule has 0 bridgehead atoms. The lowest BCUT2D eigenvalue weighted by Crippen LogP contribution is -2.01. The normalized spacial score (nSPS) is 11.1. The van der Waals surface area contributed by atoms with E-state index in [9.17, 15) is 0 Å². The quantitative estimate of drug-likeness (QED) is 0.721. The molecule has 0 spiro atoms. The zero-order valence-electron chi connectivity index (χ0n) is 9.54. The van der Waals surface area contributed by atoms with Gasteiger partial charge in [0.15, 0.2) is 0 Å². The van der Waals surface area contributed by atoms with Gasteiger partial charge in [-0.25, -0.2) is 4.98 Å². The van der Waals surface area contributed by atoms with Crippen LogP contribution in [0, 0.1) is 6.92 Å². The van der Waals surface area contributed by atoms with Gasteiger partial charge in [0, 0.05) is 24.2 Å². The highest BCUT2D eigenvalue weighted by atomic mass is 15.3. The highest BCUT2D eigenvalue weighted by molar-refractivity contribution is 5.40. The Morgan fingerprint density at radius 1 is 1.29 bits per heavy atom. The third-order valence-corrected chi connectivity index (χ3v) is 2.72. The maximum atomic E-state index is 5.71. The number of nitrogens with two attached hydrogens (primary N) is 1. The molecule has 86 valence electrons. The number of fused-ring (bicyclic) bond motifs is 1. The summed E-state index contributed by atoms with van der Waals surface area (Å²) in [6, 6.07) is 5.93. The Hall–Kier alpha value is -2.30. The summed E-state index contributed by atoms with van der Waals surface area (Å²) in [4.78, 5) is 4.51. The van der Waals surface area contributed by atoms with Crippen molar-refractivity contribution in [3.8, 4) is 0 Å². The summed E-state index contributed by atoms with van der Waals surface area (Å²) in [7, 11) is 0. The first-order chi connectivity index (χ1) is 8.22. The smallest absolute Gasteiger partial charge is 0.148 e. The second kappa shape index (κ2) is 3.62. The van der Waals surface area contributed by atoms with Gasteiger partial charge in [0.2, 0.25) is 0 Å². The SMILES string of the molecule is Cc1cn(Cc2cn3ccccc3n2)nc1N. The number of nitrogens with zero attached hydrogens (tertiary/aromatic N) is 4. The van der Waals surface area contributed by atoms with Crippen molar-refractivity contribution in [3.63, 3.8) is 0 Å². The minimum Gasteiger partial charge on any atom is -0.382 e. The van der Waals surface area contributed by atoms with E-state index >= 15 is 0 Å². The van der Waals surface area contributed by atoms with E-state index in [1.165, 1.54) is 0 Å². The average Bonchev–Trinajstić information content (AvgIpc) is 2.83. The van der Waals surface area contributed by atoms with Crippen molar-refractivity contribution < 1.29 is 0 Å². The van der Waals surface area contributed by atoms with E-state index in [0.717, 1.165) is 16.9 Å². The number of aryl methyl sites for hydroxylation is 1. The summed E-state index contributed by atoms with van der Waals surface area (Å²) in [5, 5.41) is 4.22. The van der Waals surface area contributed by atoms with Crippen LogP contribution in [-0.2, 0) is 6.54 Å². The van der Waals surface area contributed by atoms with Gasteiger partial charge in [0.05, 0.1) is 12.2 Å². The molecule has 17 heavy (non-hydrogen) atoms. The zero-order valence-corrected chi connectivity index (χ0v) is 9.54. The summed E-state index contributed by atoms with van der Waals surface area (Å²) in [6.45, 7) is 2.59. The molecule has 5 heteroatoms. The van der Waals surface area contributed by atoms with Gasteiger partial charge in [-0.1, -0.05) is 6.07 Å². The summed E-state index contributed by atoms with van der Waals surface area (Å²) in [6.07, 6.45) is 5.91.